The van der Waals surface area contributed by atoms with Crippen LogP contribution in [0.1, 0.15) is 41.1 Å². The summed E-state index contributed by atoms with van der Waals surface area (Å²) in [5, 5.41) is -5.27. The van der Waals surface area contributed by atoms with Gasteiger partial charge in [-0.1, -0.05) is 163 Å². The number of benzene rings is 9. The molecule has 0 fully saturated rings. The molecule has 1 aromatic heterocycles. The molecule has 0 saturated heterocycles. The predicted molar refractivity (Wildman–Crippen MR) is 208 cm³/mol. The lowest BCUT2D eigenvalue weighted by Gasteiger charge is -2.20. The summed E-state index contributed by atoms with van der Waals surface area (Å²) < 4.78 is 276. The second-order valence-corrected chi connectivity index (χ2v) is 10.5. The largest absolute Gasteiger partial charge is 0.456 e. The Labute approximate surface area is 326 Å². The van der Waals surface area contributed by atoms with Crippen LogP contribution in [0.15, 0.2) is 186 Å². The Bertz CT molecular complexity index is 4460. The third-order valence-electron chi connectivity index (χ3n) is 7.89. The zero-order valence-electron chi connectivity index (χ0n) is 54.4. The van der Waals surface area contributed by atoms with Crippen molar-refractivity contribution >= 4 is 54.3 Å². The van der Waals surface area contributed by atoms with E-state index in [2.05, 4.69) is 0 Å². The van der Waals surface area contributed by atoms with Gasteiger partial charge in [0, 0.05) is 10.8 Å². The minimum atomic E-state index is -1.14. The second-order valence-electron chi connectivity index (χ2n) is 10.5. The molecule has 0 bridgehead atoms. The molecular weight excluding hydrogens is 593 g/mol. The van der Waals surface area contributed by atoms with Crippen LogP contribution in [0.4, 0.5) is 0 Å². The lowest BCUT2D eigenvalue weighted by atomic mass is 9.83. The minimum Gasteiger partial charge on any atom is -0.456 e. The summed E-state index contributed by atoms with van der Waals surface area (Å²) in [7, 11) is 0. The summed E-state index contributed by atoms with van der Waals surface area (Å²) in [5.41, 5.74) is -8.15. The number of fused-ring (bicyclic) bond motifs is 7. The van der Waals surface area contributed by atoms with Crippen LogP contribution in [0.3, 0.4) is 0 Å². The summed E-state index contributed by atoms with van der Waals surface area (Å²) in [6, 6.07) is -29.6. The first-order valence-corrected chi connectivity index (χ1v) is 14.4. The summed E-state index contributed by atoms with van der Waals surface area (Å²) in [6.07, 6.45) is 0. The Morgan fingerprint density at radius 1 is 0.327 bits per heavy atom. The maximum absolute atomic E-state index is 9.95. The summed E-state index contributed by atoms with van der Waals surface area (Å²) in [6.45, 7) is 0. The van der Waals surface area contributed by atoms with E-state index in [1.165, 1.54) is 0 Å². The standard InChI is InChI=1S/C48H30O/c1-2-12-31(13-3-1)32-22-24-34(25-23-32)36-15-6-7-17-38(36)47-41-20-10-8-18-39(41)46(40-19-9-11-21-42(40)47)35-27-28-44-43(30-35)48-37-16-5-4-14-33(37)26-29-45(48)49-44/h1-30H/i1D,2D,3D,4D,5D,6D,7D,8D,9D,10D,11D,12D,13D,14D,15D,16D,17D,18D,19D,20D,21D,22D,23D,24D,25D,26D,27D,28D,29D,30D. The van der Waals surface area contributed by atoms with E-state index in [0.717, 1.165) is 0 Å². The topological polar surface area (TPSA) is 13.1 Å². The van der Waals surface area contributed by atoms with Crippen molar-refractivity contribution in [3.05, 3.63) is 181 Å². The van der Waals surface area contributed by atoms with Crippen molar-refractivity contribution in [3.8, 4) is 44.5 Å². The van der Waals surface area contributed by atoms with Gasteiger partial charge in [-0.25, -0.2) is 0 Å². The van der Waals surface area contributed by atoms with E-state index in [9.17, 15) is 17.8 Å². The molecule has 0 unspecified atom stereocenters. The Morgan fingerprint density at radius 3 is 1.55 bits per heavy atom. The Balaban J connectivity index is 1.49. The highest BCUT2D eigenvalue weighted by molar-refractivity contribution is 6.24. The SMILES string of the molecule is [2H]c1c([2H])c([2H])c(-c2c([2H])c([2H])c(-c3c([2H])c([2H])c([2H])c([2H])c3-c3c4c([2H])c([2H])c([2H])c([2H])c4c(-c4c([2H])c([2H])c5oc6c([2H])c([2H])c7c([2H])c([2H])c([2H])c([2H])c7c6c5c4[2H])c4c([2H])c([2H])c([2H])c([2H])c34)c([2H])c2[2H])c([2H])c1[2H]. The van der Waals surface area contributed by atoms with E-state index in [0.29, 0.717) is 0 Å². The van der Waals surface area contributed by atoms with Gasteiger partial charge >= 0.3 is 0 Å². The normalized spacial score (nSPS) is 20.2. The maximum Gasteiger partial charge on any atom is 0.136 e. The summed E-state index contributed by atoms with van der Waals surface area (Å²) in [4.78, 5) is 0. The highest BCUT2D eigenvalue weighted by Crippen LogP contribution is 2.47. The molecule has 10 aromatic rings. The number of hydrogen-bond acceptors (Lipinski definition) is 1. The third-order valence-corrected chi connectivity index (χ3v) is 7.89. The Morgan fingerprint density at radius 2 is 0.837 bits per heavy atom. The molecule has 0 radical (unpaired) electrons. The fraction of sp³-hybridized carbons (Fsp3) is 0. The van der Waals surface area contributed by atoms with Crippen LogP contribution >= 0.6 is 0 Å². The highest BCUT2D eigenvalue weighted by atomic mass is 16.3. The molecule has 1 nitrogen and oxygen atoms in total. The maximum atomic E-state index is 9.95. The highest BCUT2D eigenvalue weighted by Gasteiger charge is 2.20. The lowest BCUT2D eigenvalue weighted by molar-refractivity contribution is 0.669. The van der Waals surface area contributed by atoms with Crippen molar-refractivity contribution in [3.63, 3.8) is 0 Å². The van der Waals surface area contributed by atoms with E-state index in [-0.39, 0.29) is 0 Å². The Hall–Kier alpha value is -6.44. The molecule has 0 amide bonds. The van der Waals surface area contributed by atoms with Crippen molar-refractivity contribution in [2.75, 3.05) is 0 Å². The van der Waals surface area contributed by atoms with Gasteiger partial charge in [-0.15, -0.1) is 0 Å². The zero-order valence-corrected chi connectivity index (χ0v) is 24.4. The van der Waals surface area contributed by atoms with Gasteiger partial charge in [0.15, 0.2) is 0 Å². The smallest absolute Gasteiger partial charge is 0.136 e. The van der Waals surface area contributed by atoms with E-state index >= 15 is 0 Å². The van der Waals surface area contributed by atoms with Crippen LogP contribution in [0, 0.1) is 0 Å². The van der Waals surface area contributed by atoms with E-state index in [1.807, 2.05) is 0 Å². The number of furan rings is 1. The average molecular weight is 653 g/mol. The molecule has 0 aliphatic heterocycles. The van der Waals surface area contributed by atoms with E-state index < -0.39 is 280 Å². The lowest BCUT2D eigenvalue weighted by Crippen LogP contribution is -1.92. The summed E-state index contributed by atoms with van der Waals surface area (Å²) in [5.74, 6) is 0. The second kappa shape index (κ2) is 11.1. The fourth-order valence-corrected chi connectivity index (χ4v) is 5.83. The first kappa shape index (κ1) is 11.1. The average Bonchev–Trinajstić information content (AvgIpc) is 3.32. The van der Waals surface area contributed by atoms with Gasteiger partial charge in [0.1, 0.15) is 11.2 Å². The molecule has 0 aliphatic carbocycles. The van der Waals surface area contributed by atoms with Crippen LogP contribution in [-0.2, 0) is 0 Å². The minimum absolute atomic E-state index is 0.436. The van der Waals surface area contributed by atoms with Crippen LogP contribution in [0.5, 0.6) is 0 Å². The fourth-order valence-electron chi connectivity index (χ4n) is 5.83. The molecule has 0 aliphatic rings. The van der Waals surface area contributed by atoms with Gasteiger partial charge < -0.3 is 4.42 Å². The molecule has 0 N–H and O–H groups in total. The van der Waals surface area contributed by atoms with Crippen molar-refractivity contribution < 1.29 is 45.5 Å². The van der Waals surface area contributed by atoms with Crippen LogP contribution < -0.4 is 0 Å². The monoisotopic (exact) mass is 652 g/mol. The molecule has 228 valence electrons. The molecular formula is C48H30O. The van der Waals surface area contributed by atoms with Gasteiger partial charge in [0.05, 0.1) is 41.1 Å². The molecule has 10 rings (SSSR count). The van der Waals surface area contributed by atoms with Crippen LogP contribution in [0.2, 0.25) is 0 Å². The molecule has 49 heavy (non-hydrogen) atoms. The zero-order chi connectivity index (χ0) is 58.4. The van der Waals surface area contributed by atoms with Gasteiger partial charge in [0.25, 0.3) is 0 Å². The molecule has 9 aromatic carbocycles. The number of rotatable bonds is 4. The van der Waals surface area contributed by atoms with Crippen molar-refractivity contribution in [1.29, 1.82) is 0 Å². The van der Waals surface area contributed by atoms with Crippen molar-refractivity contribution in [2.24, 2.45) is 0 Å². The quantitative estimate of drug-likeness (QED) is 0.172. The summed E-state index contributed by atoms with van der Waals surface area (Å²) >= 11 is 0. The molecule has 0 spiro atoms. The molecule has 1 heteroatoms. The molecule has 0 atom stereocenters. The molecule has 1 heterocycles. The van der Waals surface area contributed by atoms with Gasteiger partial charge in [-0.05, 0) is 95.0 Å². The van der Waals surface area contributed by atoms with Crippen molar-refractivity contribution in [2.45, 2.75) is 0 Å². The first-order valence-electron chi connectivity index (χ1n) is 29.4. The van der Waals surface area contributed by atoms with Gasteiger partial charge in [-0.3, -0.25) is 0 Å². The van der Waals surface area contributed by atoms with Crippen molar-refractivity contribution in [1.82, 2.24) is 0 Å². The molecule has 0 saturated carbocycles. The Kier molecular flexibility index (Phi) is 2.50. The number of hydrogen-bond donors (Lipinski definition) is 0. The van der Waals surface area contributed by atoms with Gasteiger partial charge in [0.2, 0.25) is 0 Å². The predicted octanol–water partition coefficient (Wildman–Crippen LogP) is 13.7. The van der Waals surface area contributed by atoms with Crippen LogP contribution in [-0.4, -0.2) is 0 Å². The van der Waals surface area contributed by atoms with E-state index in [1.54, 1.807) is 0 Å². The first-order chi connectivity index (χ1) is 36.8. The third kappa shape index (κ3) is 4.40. The van der Waals surface area contributed by atoms with Crippen LogP contribution in [0.25, 0.3) is 98.8 Å². The van der Waals surface area contributed by atoms with E-state index in [4.69, 9.17) is 27.7 Å². The van der Waals surface area contributed by atoms with Gasteiger partial charge in [-0.2, -0.15) is 0 Å².